The van der Waals surface area contributed by atoms with Crippen LogP contribution in [0.2, 0.25) is 0 Å². The average Bonchev–Trinajstić information content (AvgIpc) is 3.10. The number of nitrogens with two attached hydrogens (primary N) is 1. The maximum atomic E-state index is 12.2. The summed E-state index contributed by atoms with van der Waals surface area (Å²) in [6, 6.07) is 2.01. The van der Waals surface area contributed by atoms with Crippen molar-refractivity contribution < 1.29 is 9.59 Å². The van der Waals surface area contributed by atoms with Gasteiger partial charge in [0.2, 0.25) is 5.91 Å². The predicted molar refractivity (Wildman–Crippen MR) is 101 cm³/mol. The van der Waals surface area contributed by atoms with Gasteiger partial charge in [0.25, 0.3) is 5.91 Å². The predicted octanol–water partition coefficient (Wildman–Crippen LogP) is 2.80. The Morgan fingerprint density at radius 3 is 2.54 bits per heavy atom. The van der Waals surface area contributed by atoms with Gasteiger partial charge >= 0.3 is 0 Å². The Kier molecular flexibility index (Phi) is 9.98. The van der Waals surface area contributed by atoms with Gasteiger partial charge in [0.1, 0.15) is 0 Å². The summed E-state index contributed by atoms with van der Waals surface area (Å²) in [7, 11) is 0. The molecule has 0 saturated carbocycles. The summed E-state index contributed by atoms with van der Waals surface area (Å²) in [6.07, 6.45) is 6.51. The van der Waals surface area contributed by atoms with Crippen LogP contribution in [0.25, 0.3) is 0 Å². The Balaban J connectivity index is 0.00000288. The highest BCUT2D eigenvalue weighted by molar-refractivity contribution is 7.08. The first-order valence-corrected chi connectivity index (χ1v) is 9.46. The summed E-state index contributed by atoms with van der Waals surface area (Å²) in [4.78, 5) is 26.1. The highest BCUT2D eigenvalue weighted by Gasteiger charge is 2.23. The molecule has 0 spiro atoms. The highest BCUT2D eigenvalue weighted by Crippen LogP contribution is 2.14. The maximum absolute atomic E-state index is 12.2. The van der Waals surface area contributed by atoms with E-state index in [0.717, 1.165) is 63.7 Å². The number of nitrogens with one attached hydrogen (secondary N) is 1. The summed E-state index contributed by atoms with van der Waals surface area (Å²) in [5.74, 6) is 0.247. The van der Waals surface area contributed by atoms with Gasteiger partial charge < -0.3 is 16.0 Å². The minimum absolute atomic E-state index is 0. The van der Waals surface area contributed by atoms with E-state index in [4.69, 9.17) is 5.73 Å². The number of rotatable bonds is 8. The van der Waals surface area contributed by atoms with Crippen LogP contribution in [-0.2, 0) is 4.79 Å². The van der Waals surface area contributed by atoms with Crippen molar-refractivity contribution in [2.45, 2.75) is 51.0 Å². The van der Waals surface area contributed by atoms with Crippen LogP contribution >= 0.6 is 23.7 Å². The van der Waals surface area contributed by atoms with E-state index in [1.807, 2.05) is 21.7 Å². The van der Waals surface area contributed by atoms with Crippen molar-refractivity contribution in [3.8, 4) is 0 Å². The van der Waals surface area contributed by atoms with E-state index in [1.54, 1.807) is 0 Å². The van der Waals surface area contributed by atoms with Gasteiger partial charge in [-0.25, -0.2) is 0 Å². The minimum atomic E-state index is -0.00377. The monoisotopic (exact) mass is 373 g/mol. The molecule has 1 aliphatic heterocycles. The second-order valence-electron chi connectivity index (χ2n) is 6.09. The van der Waals surface area contributed by atoms with Crippen LogP contribution in [0.3, 0.4) is 0 Å². The van der Waals surface area contributed by atoms with Crippen LogP contribution in [0.1, 0.15) is 55.3 Å². The molecule has 1 saturated heterocycles. The van der Waals surface area contributed by atoms with Gasteiger partial charge in [0.05, 0.1) is 0 Å². The number of carbonyl (C=O) groups excluding carboxylic acids is 2. The van der Waals surface area contributed by atoms with Gasteiger partial charge in [-0.15, -0.1) is 12.4 Å². The molecular weight excluding hydrogens is 346 g/mol. The number of amides is 2. The van der Waals surface area contributed by atoms with Crippen LogP contribution in [0.4, 0.5) is 0 Å². The number of hydrogen-bond acceptors (Lipinski definition) is 4. The molecule has 0 aliphatic carbocycles. The van der Waals surface area contributed by atoms with E-state index in [2.05, 4.69) is 5.32 Å². The van der Waals surface area contributed by atoms with E-state index in [-0.39, 0.29) is 30.3 Å². The standard InChI is InChI=1S/C17H27N3O2S.ClH/c18-9-4-2-1-3-5-16(21)20-10-6-15(7-11-20)19-17(22)14-8-12-23-13-14;/h8,12-13,15H,1-7,9-11,18H2,(H,19,22);1H. The van der Waals surface area contributed by atoms with Gasteiger partial charge in [-0.2, -0.15) is 11.3 Å². The zero-order chi connectivity index (χ0) is 16.5. The summed E-state index contributed by atoms with van der Waals surface area (Å²) in [5, 5.41) is 6.83. The zero-order valence-electron chi connectivity index (χ0n) is 14.0. The molecule has 5 nitrogen and oxygen atoms in total. The fraction of sp³-hybridized carbons (Fsp3) is 0.647. The molecule has 0 unspecified atom stereocenters. The number of thiophene rings is 1. The Morgan fingerprint density at radius 1 is 1.21 bits per heavy atom. The number of likely N-dealkylation sites (tertiary alicyclic amines) is 1. The largest absolute Gasteiger partial charge is 0.349 e. The Hall–Kier alpha value is -1.11. The van der Waals surface area contributed by atoms with E-state index in [1.165, 1.54) is 11.3 Å². The lowest BCUT2D eigenvalue weighted by Gasteiger charge is -2.32. The fourth-order valence-electron chi connectivity index (χ4n) is 2.87. The minimum Gasteiger partial charge on any atom is -0.349 e. The lowest BCUT2D eigenvalue weighted by molar-refractivity contribution is -0.132. The summed E-state index contributed by atoms with van der Waals surface area (Å²) in [6.45, 7) is 2.23. The molecule has 0 radical (unpaired) electrons. The molecule has 3 N–H and O–H groups in total. The number of unbranched alkanes of at least 4 members (excludes halogenated alkanes) is 3. The molecule has 0 bridgehead atoms. The molecule has 1 aromatic heterocycles. The molecule has 7 heteroatoms. The van der Waals surface area contributed by atoms with Gasteiger partial charge in [-0.1, -0.05) is 12.8 Å². The number of hydrogen-bond donors (Lipinski definition) is 2. The molecule has 1 fully saturated rings. The van der Waals surface area contributed by atoms with Crippen LogP contribution in [-0.4, -0.2) is 42.4 Å². The first-order valence-electron chi connectivity index (χ1n) is 8.51. The van der Waals surface area contributed by atoms with Gasteiger partial charge in [0.15, 0.2) is 0 Å². The third-order valence-corrected chi connectivity index (χ3v) is 4.99. The van der Waals surface area contributed by atoms with Crippen molar-refractivity contribution in [3.05, 3.63) is 22.4 Å². The van der Waals surface area contributed by atoms with Crippen molar-refractivity contribution in [3.63, 3.8) is 0 Å². The number of carbonyl (C=O) groups is 2. The topological polar surface area (TPSA) is 75.4 Å². The second-order valence-corrected chi connectivity index (χ2v) is 6.87. The first kappa shape index (κ1) is 20.9. The lowest BCUT2D eigenvalue weighted by Crippen LogP contribution is -2.46. The molecule has 0 atom stereocenters. The molecule has 1 aliphatic rings. The van der Waals surface area contributed by atoms with Crippen LogP contribution in [0.5, 0.6) is 0 Å². The van der Waals surface area contributed by atoms with Crippen molar-refractivity contribution in [1.82, 2.24) is 10.2 Å². The molecule has 136 valence electrons. The number of halogens is 1. The van der Waals surface area contributed by atoms with Crippen molar-refractivity contribution in [1.29, 1.82) is 0 Å². The summed E-state index contributed by atoms with van der Waals surface area (Å²) < 4.78 is 0. The molecule has 2 rings (SSSR count). The molecule has 24 heavy (non-hydrogen) atoms. The third-order valence-electron chi connectivity index (χ3n) is 4.31. The van der Waals surface area contributed by atoms with Crippen molar-refractivity contribution in [2.24, 2.45) is 5.73 Å². The van der Waals surface area contributed by atoms with Gasteiger partial charge in [-0.05, 0) is 43.7 Å². The highest BCUT2D eigenvalue weighted by atomic mass is 35.5. The van der Waals surface area contributed by atoms with Crippen LogP contribution < -0.4 is 11.1 Å². The summed E-state index contributed by atoms with van der Waals surface area (Å²) in [5.41, 5.74) is 6.19. The summed E-state index contributed by atoms with van der Waals surface area (Å²) >= 11 is 1.53. The maximum Gasteiger partial charge on any atom is 0.252 e. The number of piperidine rings is 1. The molecule has 1 aromatic rings. The smallest absolute Gasteiger partial charge is 0.252 e. The normalized spacial score (nSPS) is 15.0. The van der Waals surface area contributed by atoms with Crippen LogP contribution in [0.15, 0.2) is 16.8 Å². The van der Waals surface area contributed by atoms with Crippen molar-refractivity contribution >= 4 is 35.6 Å². The zero-order valence-corrected chi connectivity index (χ0v) is 15.7. The van der Waals surface area contributed by atoms with E-state index < -0.39 is 0 Å². The Bertz CT molecular complexity index is 488. The van der Waals surface area contributed by atoms with Crippen LogP contribution in [0, 0.1) is 0 Å². The average molecular weight is 374 g/mol. The third kappa shape index (κ3) is 6.79. The first-order chi connectivity index (χ1) is 11.2. The molecular formula is C17H28ClN3O2S. The molecule has 0 aromatic carbocycles. The van der Waals surface area contributed by atoms with Gasteiger partial charge in [0, 0.05) is 36.5 Å². The Labute approximate surface area is 154 Å². The number of nitrogens with zero attached hydrogens (tertiary/aromatic N) is 1. The van der Waals surface area contributed by atoms with E-state index in [0.29, 0.717) is 6.42 Å². The second kappa shape index (κ2) is 11.4. The van der Waals surface area contributed by atoms with Gasteiger partial charge in [-0.3, -0.25) is 9.59 Å². The quantitative estimate of drug-likeness (QED) is 0.688. The van der Waals surface area contributed by atoms with E-state index >= 15 is 0 Å². The SMILES string of the molecule is Cl.NCCCCCCC(=O)N1CCC(NC(=O)c2ccsc2)CC1. The lowest BCUT2D eigenvalue weighted by atomic mass is 10.0. The molecule has 2 heterocycles. The fourth-order valence-corrected chi connectivity index (χ4v) is 3.50. The van der Waals surface area contributed by atoms with E-state index in [9.17, 15) is 9.59 Å². The molecule has 2 amide bonds. The van der Waals surface area contributed by atoms with Crippen molar-refractivity contribution in [2.75, 3.05) is 19.6 Å². The Morgan fingerprint density at radius 2 is 1.92 bits per heavy atom.